The van der Waals surface area contributed by atoms with Gasteiger partial charge in [-0.15, -0.1) is 0 Å². The third kappa shape index (κ3) is 3.60. The largest absolute Gasteiger partial charge is 0.310 e. The van der Waals surface area contributed by atoms with Gasteiger partial charge in [-0.05, 0) is 48.8 Å². The van der Waals surface area contributed by atoms with E-state index < -0.39 is 0 Å². The van der Waals surface area contributed by atoms with Gasteiger partial charge in [0.05, 0.1) is 0 Å². The molecule has 0 aromatic heterocycles. The van der Waals surface area contributed by atoms with Crippen molar-refractivity contribution < 1.29 is 0 Å². The summed E-state index contributed by atoms with van der Waals surface area (Å²) < 4.78 is 0. The topological polar surface area (TPSA) is 12.0 Å². The fraction of sp³-hybridized carbons (Fsp3) is 0.667. The fourth-order valence-electron chi connectivity index (χ4n) is 3.69. The monoisotopic (exact) mass is 259 g/mol. The van der Waals surface area contributed by atoms with E-state index in [9.17, 15) is 0 Å². The molecule has 1 aliphatic rings. The number of hydrogen-bond acceptors (Lipinski definition) is 1. The van der Waals surface area contributed by atoms with Gasteiger partial charge in [0.1, 0.15) is 0 Å². The second-order valence-corrected chi connectivity index (χ2v) is 6.12. The maximum absolute atomic E-state index is 3.76. The predicted octanol–water partition coefficient (Wildman–Crippen LogP) is 4.73. The zero-order valence-electron chi connectivity index (χ0n) is 12.8. The summed E-state index contributed by atoms with van der Waals surface area (Å²) in [7, 11) is 0. The minimum absolute atomic E-state index is 0.559. The molecule has 0 bridgehead atoms. The molecule has 1 nitrogen and oxygen atoms in total. The lowest BCUT2D eigenvalue weighted by molar-refractivity contribution is 0.224. The van der Waals surface area contributed by atoms with E-state index in [0.717, 1.165) is 24.8 Å². The number of benzene rings is 1. The van der Waals surface area contributed by atoms with Gasteiger partial charge in [-0.1, -0.05) is 57.9 Å². The van der Waals surface area contributed by atoms with Gasteiger partial charge in [-0.2, -0.15) is 0 Å². The number of aryl methyl sites for hydroxylation is 1. The SMILES string of the molecule is CCNC(c1ccccc1CC)C1CCCC(C)C1. The summed E-state index contributed by atoms with van der Waals surface area (Å²) in [6.07, 6.45) is 6.74. The average Bonchev–Trinajstić information content (AvgIpc) is 2.45. The van der Waals surface area contributed by atoms with Gasteiger partial charge >= 0.3 is 0 Å². The zero-order chi connectivity index (χ0) is 13.7. The van der Waals surface area contributed by atoms with E-state index in [2.05, 4.69) is 50.4 Å². The smallest absolute Gasteiger partial charge is 0.0351 e. The van der Waals surface area contributed by atoms with Crippen LogP contribution < -0.4 is 5.32 Å². The van der Waals surface area contributed by atoms with Gasteiger partial charge in [0.15, 0.2) is 0 Å². The molecular weight excluding hydrogens is 230 g/mol. The van der Waals surface area contributed by atoms with E-state index >= 15 is 0 Å². The van der Waals surface area contributed by atoms with E-state index in [0.29, 0.717) is 6.04 Å². The highest BCUT2D eigenvalue weighted by molar-refractivity contribution is 5.30. The normalized spacial score (nSPS) is 25.2. The van der Waals surface area contributed by atoms with Crippen molar-refractivity contribution >= 4 is 0 Å². The molecule has 0 radical (unpaired) electrons. The molecule has 3 unspecified atom stereocenters. The highest BCUT2D eigenvalue weighted by Crippen LogP contribution is 2.38. The van der Waals surface area contributed by atoms with Crippen molar-refractivity contribution in [1.29, 1.82) is 0 Å². The van der Waals surface area contributed by atoms with Crippen LogP contribution >= 0.6 is 0 Å². The number of nitrogens with one attached hydrogen (secondary N) is 1. The Kier molecular flexibility index (Phi) is 5.45. The minimum Gasteiger partial charge on any atom is -0.310 e. The molecular formula is C18H29N. The Hall–Kier alpha value is -0.820. The van der Waals surface area contributed by atoms with Gasteiger partial charge < -0.3 is 5.32 Å². The molecule has 19 heavy (non-hydrogen) atoms. The van der Waals surface area contributed by atoms with Gasteiger partial charge in [0, 0.05) is 6.04 Å². The summed E-state index contributed by atoms with van der Waals surface area (Å²) >= 11 is 0. The number of rotatable bonds is 5. The van der Waals surface area contributed by atoms with Crippen molar-refractivity contribution in [2.24, 2.45) is 11.8 Å². The zero-order valence-corrected chi connectivity index (χ0v) is 12.8. The molecule has 1 aromatic rings. The fourth-order valence-corrected chi connectivity index (χ4v) is 3.69. The van der Waals surface area contributed by atoms with Crippen LogP contribution in [0.4, 0.5) is 0 Å². The van der Waals surface area contributed by atoms with Crippen LogP contribution in [0, 0.1) is 11.8 Å². The molecule has 1 saturated carbocycles. The Labute approximate surface area is 118 Å². The summed E-state index contributed by atoms with van der Waals surface area (Å²) in [6.45, 7) is 7.98. The van der Waals surface area contributed by atoms with Crippen molar-refractivity contribution in [2.45, 2.75) is 58.9 Å². The molecule has 2 rings (SSSR count). The Bertz CT molecular complexity index is 385. The summed E-state index contributed by atoms with van der Waals surface area (Å²) in [4.78, 5) is 0. The Morgan fingerprint density at radius 1 is 1.21 bits per heavy atom. The summed E-state index contributed by atoms with van der Waals surface area (Å²) in [6, 6.07) is 9.57. The van der Waals surface area contributed by atoms with E-state index in [-0.39, 0.29) is 0 Å². The Morgan fingerprint density at radius 3 is 2.68 bits per heavy atom. The van der Waals surface area contributed by atoms with Crippen LogP contribution in [0.2, 0.25) is 0 Å². The van der Waals surface area contributed by atoms with Crippen molar-refractivity contribution in [3.63, 3.8) is 0 Å². The van der Waals surface area contributed by atoms with Gasteiger partial charge in [0.25, 0.3) is 0 Å². The van der Waals surface area contributed by atoms with E-state index in [1.54, 1.807) is 5.56 Å². The van der Waals surface area contributed by atoms with Crippen molar-refractivity contribution in [3.8, 4) is 0 Å². The predicted molar refractivity (Wildman–Crippen MR) is 83.4 cm³/mol. The van der Waals surface area contributed by atoms with Crippen LogP contribution in [0.1, 0.15) is 63.6 Å². The molecule has 0 spiro atoms. The molecule has 3 atom stereocenters. The average molecular weight is 259 g/mol. The van der Waals surface area contributed by atoms with Crippen LogP contribution in [-0.2, 0) is 6.42 Å². The maximum Gasteiger partial charge on any atom is 0.0351 e. The second-order valence-electron chi connectivity index (χ2n) is 6.12. The first-order valence-corrected chi connectivity index (χ1v) is 8.07. The highest BCUT2D eigenvalue weighted by atomic mass is 14.9. The standard InChI is InChI=1S/C18H29N/c1-4-15-10-6-7-12-17(15)18(19-5-2)16-11-8-9-14(3)13-16/h6-7,10,12,14,16,18-19H,4-5,8-9,11,13H2,1-3H3. The third-order valence-electron chi connectivity index (χ3n) is 4.64. The minimum atomic E-state index is 0.559. The molecule has 0 amide bonds. The molecule has 1 N–H and O–H groups in total. The third-order valence-corrected chi connectivity index (χ3v) is 4.64. The quantitative estimate of drug-likeness (QED) is 0.806. The van der Waals surface area contributed by atoms with E-state index in [1.165, 1.54) is 31.2 Å². The van der Waals surface area contributed by atoms with E-state index in [1.807, 2.05) is 0 Å². The number of hydrogen-bond donors (Lipinski definition) is 1. The van der Waals surface area contributed by atoms with Gasteiger partial charge in [0.2, 0.25) is 0 Å². The first kappa shape index (κ1) is 14.6. The molecule has 1 aliphatic carbocycles. The van der Waals surface area contributed by atoms with Crippen molar-refractivity contribution in [3.05, 3.63) is 35.4 Å². The molecule has 1 fully saturated rings. The summed E-state index contributed by atoms with van der Waals surface area (Å²) in [5, 5.41) is 3.76. The lowest BCUT2D eigenvalue weighted by Gasteiger charge is -2.35. The Morgan fingerprint density at radius 2 is 2.00 bits per heavy atom. The lowest BCUT2D eigenvalue weighted by Crippen LogP contribution is -2.32. The molecule has 0 saturated heterocycles. The second kappa shape index (κ2) is 7.09. The van der Waals surface area contributed by atoms with Crippen LogP contribution in [0.5, 0.6) is 0 Å². The first-order valence-electron chi connectivity index (χ1n) is 8.07. The van der Waals surface area contributed by atoms with Crippen molar-refractivity contribution in [2.75, 3.05) is 6.54 Å². The lowest BCUT2D eigenvalue weighted by atomic mass is 9.76. The van der Waals surface area contributed by atoms with E-state index in [4.69, 9.17) is 0 Å². The molecule has 0 aliphatic heterocycles. The van der Waals surface area contributed by atoms with Crippen LogP contribution in [0.15, 0.2) is 24.3 Å². The van der Waals surface area contributed by atoms with Gasteiger partial charge in [-0.3, -0.25) is 0 Å². The van der Waals surface area contributed by atoms with Crippen LogP contribution in [-0.4, -0.2) is 6.54 Å². The Balaban J connectivity index is 2.23. The first-order chi connectivity index (χ1) is 9.26. The molecule has 106 valence electrons. The molecule has 1 aromatic carbocycles. The molecule has 1 heteroatoms. The summed E-state index contributed by atoms with van der Waals surface area (Å²) in [5.41, 5.74) is 3.07. The maximum atomic E-state index is 3.76. The van der Waals surface area contributed by atoms with Crippen LogP contribution in [0.3, 0.4) is 0 Å². The summed E-state index contributed by atoms with van der Waals surface area (Å²) in [5.74, 6) is 1.71. The van der Waals surface area contributed by atoms with Gasteiger partial charge in [-0.25, -0.2) is 0 Å². The van der Waals surface area contributed by atoms with Crippen LogP contribution in [0.25, 0.3) is 0 Å². The highest BCUT2D eigenvalue weighted by Gasteiger charge is 2.28. The van der Waals surface area contributed by atoms with Crippen molar-refractivity contribution in [1.82, 2.24) is 5.32 Å². The molecule has 0 heterocycles.